The van der Waals surface area contributed by atoms with Crippen molar-refractivity contribution in [2.24, 2.45) is 0 Å². The van der Waals surface area contributed by atoms with Crippen LogP contribution < -0.4 is 0 Å². The van der Waals surface area contributed by atoms with Crippen LogP contribution in [0.3, 0.4) is 0 Å². The Morgan fingerprint density at radius 3 is 2.93 bits per heavy atom. The van der Waals surface area contributed by atoms with E-state index >= 15 is 0 Å². The van der Waals surface area contributed by atoms with Gasteiger partial charge in [0.05, 0.1) is 6.61 Å². The third-order valence-corrected chi connectivity index (χ3v) is 2.67. The Morgan fingerprint density at radius 2 is 2.33 bits per heavy atom. The van der Waals surface area contributed by atoms with Crippen molar-refractivity contribution in [3.05, 3.63) is 11.6 Å². The average molecular weight is 232 g/mol. The van der Waals surface area contributed by atoms with Crippen LogP contribution in [0.15, 0.2) is 11.6 Å². The van der Waals surface area contributed by atoms with Crippen molar-refractivity contribution in [1.82, 2.24) is 4.90 Å². The Balaban J connectivity index is 2.56. The molecular formula is C11H18ClNO2. The summed E-state index contributed by atoms with van der Waals surface area (Å²) in [4.78, 5) is 13.7. The second-order valence-corrected chi connectivity index (χ2v) is 4.29. The number of carbonyl (C=O) groups is 1. The molecule has 1 heterocycles. The van der Waals surface area contributed by atoms with Crippen LogP contribution in [0.1, 0.15) is 26.2 Å². The van der Waals surface area contributed by atoms with E-state index in [-0.39, 0.29) is 12.0 Å². The molecule has 0 aromatic rings. The molecule has 1 rings (SSSR count). The highest BCUT2D eigenvalue weighted by molar-refractivity contribution is 6.29. The fourth-order valence-corrected chi connectivity index (χ4v) is 2.06. The Kier molecular flexibility index (Phi) is 5.12. The van der Waals surface area contributed by atoms with Crippen LogP contribution in [0.4, 0.5) is 0 Å². The highest BCUT2D eigenvalue weighted by Gasteiger charge is 2.29. The molecule has 0 amide bonds. The van der Waals surface area contributed by atoms with Gasteiger partial charge in [-0.15, -0.1) is 0 Å². The predicted molar refractivity (Wildman–Crippen MR) is 60.8 cm³/mol. The molecule has 1 atom stereocenters. The van der Waals surface area contributed by atoms with Crippen LogP contribution in [0.25, 0.3) is 0 Å². The molecule has 1 fully saturated rings. The van der Waals surface area contributed by atoms with Crippen LogP contribution in [0.2, 0.25) is 0 Å². The first-order valence-electron chi connectivity index (χ1n) is 5.39. The summed E-state index contributed by atoms with van der Waals surface area (Å²) in [6, 6.07) is -0.130. The van der Waals surface area contributed by atoms with E-state index in [2.05, 4.69) is 11.5 Å². The summed E-state index contributed by atoms with van der Waals surface area (Å²) in [5.41, 5.74) is 0. The first kappa shape index (κ1) is 12.5. The molecule has 0 radical (unpaired) electrons. The van der Waals surface area contributed by atoms with Gasteiger partial charge in [-0.05, 0) is 26.3 Å². The molecule has 0 saturated carbocycles. The lowest BCUT2D eigenvalue weighted by atomic mass is 10.0. The maximum absolute atomic E-state index is 11.7. The van der Waals surface area contributed by atoms with Crippen molar-refractivity contribution in [3.8, 4) is 0 Å². The summed E-state index contributed by atoms with van der Waals surface area (Å²) >= 11 is 5.77. The van der Waals surface area contributed by atoms with Crippen LogP contribution in [-0.2, 0) is 9.53 Å². The number of ether oxygens (including phenoxy) is 1. The summed E-state index contributed by atoms with van der Waals surface area (Å²) in [5.74, 6) is -0.130. The average Bonchev–Trinajstić information content (AvgIpc) is 2.18. The van der Waals surface area contributed by atoms with E-state index in [1.165, 1.54) is 0 Å². The van der Waals surface area contributed by atoms with E-state index < -0.39 is 0 Å². The third kappa shape index (κ3) is 3.84. The molecule has 1 saturated heterocycles. The van der Waals surface area contributed by atoms with Gasteiger partial charge >= 0.3 is 5.97 Å². The topological polar surface area (TPSA) is 29.5 Å². The van der Waals surface area contributed by atoms with Gasteiger partial charge in [-0.25, -0.2) is 0 Å². The van der Waals surface area contributed by atoms with E-state index in [4.69, 9.17) is 16.3 Å². The molecule has 86 valence electrons. The van der Waals surface area contributed by atoms with Crippen molar-refractivity contribution in [3.63, 3.8) is 0 Å². The number of carbonyl (C=O) groups excluding carboxylic acids is 1. The van der Waals surface area contributed by atoms with Crippen molar-refractivity contribution in [2.45, 2.75) is 32.2 Å². The maximum Gasteiger partial charge on any atom is 0.323 e. The van der Waals surface area contributed by atoms with Crippen LogP contribution in [-0.4, -0.2) is 36.6 Å². The number of piperidine rings is 1. The second-order valence-electron chi connectivity index (χ2n) is 3.75. The minimum Gasteiger partial charge on any atom is -0.465 e. The number of likely N-dealkylation sites (tertiary alicyclic amines) is 1. The second kappa shape index (κ2) is 6.13. The van der Waals surface area contributed by atoms with E-state index in [1.54, 1.807) is 0 Å². The molecule has 0 aromatic carbocycles. The van der Waals surface area contributed by atoms with Gasteiger partial charge in [0.2, 0.25) is 0 Å². The van der Waals surface area contributed by atoms with Crippen molar-refractivity contribution >= 4 is 17.6 Å². The van der Waals surface area contributed by atoms with Gasteiger partial charge in [-0.2, -0.15) is 0 Å². The third-order valence-electron chi connectivity index (χ3n) is 2.55. The molecule has 0 spiro atoms. The fourth-order valence-electron chi connectivity index (χ4n) is 1.91. The van der Waals surface area contributed by atoms with Crippen LogP contribution in [0, 0.1) is 0 Å². The first-order valence-corrected chi connectivity index (χ1v) is 5.77. The Morgan fingerprint density at radius 1 is 1.60 bits per heavy atom. The van der Waals surface area contributed by atoms with E-state index in [9.17, 15) is 4.79 Å². The number of rotatable bonds is 4. The molecule has 4 heteroatoms. The van der Waals surface area contributed by atoms with Gasteiger partial charge < -0.3 is 4.74 Å². The number of hydrogen-bond acceptors (Lipinski definition) is 3. The Hall–Kier alpha value is -0.540. The number of esters is 1. The molecule has 3 nitrogen and oxygen atoms in total. The summed E-state index contributed by atoms with van der Waals surface area (Å²) < 4.78 is 5.04. The fraction of sp³-hybridized carbons (Fsp3) is 0.727. The summed E-state index contributed by atoms with van der Waals surface area (Å²) in [6.07, 6.45) is 3.05. The molecule has 0 aromatic heterocycles. The summed E-state index contributed by atoms with van der Waals surface area (Å²) in [7, 11) is 0. The first-order chi connectivity index (χ1) is 7.15. The summed E-state index contributed by atoms with van der Waals surface area (Å²) in [5, 5.41) is 0.575. The highest BCUT2D eigenvalue weighted by Crippen LogP contribution is 2.19. The lowest BCUT2D eigenvalue weighted by Gasteiger charge is -2.33. The molecule has 1 aliphatic heterocycles. The highest BCUT2D eigenvalue weighted by atomic mass is 35.5. The Bertz CT molecular complexity index is 243. The maximum atomic E-state index is 11.7. The smallest absolute Gasteiger partial charge is 0.323 e. The normalized spacial score (nSPS) is 22.4. The van der Waals surface area contributed by atoms with E-state index in [0.29, 0.717) is 18.2 Å². The number of hydrogen-bond donors (Lipinski definition) is 0. The minimum atomic E-state index is -0.130. The molecule has 0 bridgehead atoms. The van der Waals surface area contributed by atoms with Crippen molar-refractivity contribution in [2.75, 3.05) is 19.7 Å². The zero-order valence-corrected chi connectivity index (χ0v) is 9.92. The minimum absolute atomic E-state index is 0.130. The lowest BCUT2D eigenvalue weighted by Crippen LogP contribution is -2.45. The monoisotopic (exact) mass is 231 g/mol. The zero-order chi connectivity index (χ0) is 11.3. The lowest BCUT2D eigenvalue weighted by molar-refractivity contribution is -0.150. The quantitative estimate of drug-likeness (QED) is 0.695. The van der Waals surface area contributed by atoms with Gasteiger partial charge in [0.15, 0.2) is 0 Å². The SMILES string of the molecule is C=C(Cl)CN1CCCCC1C(=O)OCC. The molecule has 1 unspecified atom stereocenters. The summed E-state index contributed by atoms with van der Waals surface area (Å²) in [6.45, 7) is 7.39. The standard InChI is InChI=1S/C11H18ClNO2/c1-3-15-11(14)10-6-4-5-7-13(10)8-9(2)12/h10H,2-8H2,1H3. The molecule has 1 aliphatic rings. The van der Waals surface area contributed by atoms with Crippen LogP contribution >= 0.6 is 11.6 Å². The van der Waals surface area contributed by atoms with E-state index in [0.717, 1.165) is 25.8 Å². The van der Waals surface area contributed by atoms with Crippen molar-refractivity contribution < 1.29 is 9.53 Å². The molecule has 0 aliphatic carbocycles. The number of nitrogens with zero attached hydrogens (tertiary/aromatic N) is 1. The predicted octanol–water partition coefficient (Wildman–Crippen LogP) is 2.16. The number of halogens is 1. The largest absolute Gasteiger partial charge is 0.465 e. The molecule has 0 N–H and O–H groups in total. The van der Waals surface area contributed by atoms with E-state index in [1.807, 2.05) is 6.92 Å². The van der Waals surface area contributed by atoms with Gasteiger partial charge in [0.25, 0.3) is 0 Å². The Labute approximate surface area is 96.0 Å². The van der Waals surface area contributed by atoms with Gasteiger partial charge in [0.1, 0.15) is 6.04 Å². The molecule has 15 heavy (non-hydrogen) atoms. The van der Waals surface area contributed by atoms with Crippen LogP contribution in [0.5, 0.6) is 0 Å². The van der Waals surface area contributed by atoms with Gasteiger partial charge in [0, 0.05) is 11.6 Å². The van der Waals surface area contributed by atoms with Gasteiger partial charge in [-0.1, -0.05) is 24.6 Å². The zero-order valence-electron chi connectivity index (χ0n) is 9.17. The molecular weight excluding hydrogens is 214 g/mol. The van der Waals surface area contributed by atoms with Crippen molar-refractivity contribution in [1.29, 1.82) is 0 Å². The van der Waals surface area contributed by atoms with Gasteiger partial charge in [-0.3, -0.25) is 9.69 Å².